The van der Waals surface area contributed by atoms with Gasteiger partial charge in [0.15, 0.2) is 0 Å². The molecule has 0 unspecified atom stereocenters. The normalized spacial score (nSPS) is 26.0. The molecule has 0 radical (unpaired) electrons. The molecule has 3 rings (SSSR count). The number of fused-ring (bicyclic) bond motifs is 1. The Bertz CT molecular complexity index is 633. The van der Waals surface area contributed by atoms with E-state index in [9.17, 15) is 5.11 Å². The number of allylic oxidation sites excluding steroid dienone is 1. The second-order valence-electron chi connectivity index (χ2n) is 8.44. The van der Waals surface area contributed by atoms with Gasteiger partial charge < -0.3 is 14.7 Å². The molecule has 0 atom stereocenters. The first-order valence-corrected chi connectivity index (χ1v) is 9.61. The Kier molecular flexibility index (Phi) is 5.10. The molecule has 0 spiro atoms. The number of aromatic nitrogens is 1. The van der Waals surface area contributed by atoms with Gasteiger partial charge >= 0.3 is 0 Å². The molecule has 0 saturated heterocycles. The number of aryl methyl sites for hydroxylation is 1. The Morgan fingerprint density at radius 1 is 1.32 bits per heavy atom. The summed E-state index contributed by atoms with van der Waals surface area (Å²) in [7, 11) is 0. The smallest absolute Gasteiger partial charge is 0.138 e. The predicted molar refractivity (Wildman–Crippen MR) is 102 cm³/mol. The van der Waals surface area contributed by atoms with E-state index in [2.05, 4.69) is 45.2 Å². The summed E-state index contributed by atoms with van der Waals surface area (Å²) in [6.07, 6.45) is 6.36. The highest BCUT2D eigenvalue weighted by Crippen LogP contribution is 2.46. The summed E-state index contributed by atoms with van der Waals surface area (Å²) in [5.74, 6) is 2.79. The molecule has 2 heterocycles. The molecule has 4 nitrogen and oxygen atoms in total. The van der Waals surface area contributed by atoms with E-state index in [0.29, 0.717) is 12.0 Å². The van der Waals surface area contributed by atoms with Gasteiger partial charge in [0.2, 0.25) is 0 Å². The van der Waals surface area contributed by atoms with Crippen molar-refractivity contribution in [3.63, 3.8) is 0 Å². The Balaban J connectivity index is 1.72. The number of hydrogen-bond donors (Lipinski definition) is 1. The minimum Gasteiger partial charge on any atom is -0.492 e. The van der Waals surface area contributed by atoms with Crippen LogP contribution in [-0.2, 0) is 6.42 Å². The van der Waals surface area contributed by atoms with E-state index in [1.54, 1.807) is 0 Å². The van der Waals surface area contributed by atoms with E-state index in [1.165, 1.54) is 5.56 Å². The van der Waals surface area contributed by atoms with Gasteiger partial charge in [-0.05, 0) is 55.6 Å². The fourth-order valence-corrected chi connectivity index (χ4v) is 3.76. The largest absolute Gasteiger partial charge is 0.492 e. The highest BCUT2D eigenvalue weighted by Gasteiger charge is 2.48. The number of ether oxygens (including phenoxy) is 1. The van der Waals surface area contributed by atoms with Crippen LogP contribution in [0.4, 0.5) is 5.82 Å². The lowest BCUT2D eigenvalue weighted by Crippen LogP contribution is -2.58. The number of anilines is 1. The Morgan fingerprint density at radius 2 is 2.04 bits per heavy atom. The maximum Gasteiger partial charge on any atom is 0.138 e. The first-order valence-electron chi connectivity index (χ1n) is 9.61. The van der Waals surface area contributed by atoms with Crippen molar-refractivity contribution in [2.24, 2.45) is 11.8 Å². The summed E-state index contributed by atoms with van der Waals surface area (Å²) < 4.78 is 5.87. The quantitative estimate of drug-likeness (QED) is 0.835. The maximum atomic E-state index is 10.6. The van der Waals surface area contributed by atoms with Gasteiger partial charge in [0.05, 0.1) is 18.4 Å². The van der Waals surface area contributed by atoms with Crippen LogP contribution in [0.1, 0.15) is 58.9 Å². The van der Waals surface area contributed by atoms with Crippen molar-refractivity contribution in [2.75, 3.05) is 11.5 Å². The van der Waals surface area contributed by atoms with E-state index in [0.717, 1.165) is 56.0 Å². The van der Waals surface area contributed by atoms with Crippen molar-refractivity contribution in [3.05, 3.63) is 30.1 Å². The van der Waals surface area contributed by atoms with E-state index in [4.69, 9.17) is 9.72 Å². The van der Waals surface area contributed by atoms with Crippen LogP contribution in [0.5, 0.6) is 5.75 Å². The average molecular weight is 344 g/mol. The van der Waals surface area contributed by atoms with Crippen LogP contribution in [0.2, 0.25) is 0 Å². The van der Waals surface area contributed by atoms with Gasteiger partial charge in [-0.2, -0.15) is 0 Å². The minimum atomic E-state index is -0.539. The molecule has 1 saturated carbocycles. The minimum absolute atomic E-state index is 0.283. The number of aliphatic hydroxyl groups is 1. The van der Waals surface area contributed by atoms with Crippen molar-refractivity contribution in [2.45, 2.75) is 71.4 Å². The summed E-state index contributed by atoms with van der Waals surface area (Å²) in [4.78, 5) is 6.96. The highest BCUT2D eigenvalue weighted by atomic mass is 16.5. The molecule has 1 aliphatic heterocycles. The van der Waals surface area contributed by atoms with Gasteiger partial charge in [-0.25, -0.2) is 4.98 Å². The summed E-state index contributed by atoms with van der Waals surface area (Å²) in [5, 5.41) is 10.6. The lowest BCUT2D eigenvalue weighted by molar-refractivity contribution is -0.0842. The van der Waals surface area contributed by atoms with Gasteiger partial charge in [-0.1, -0.05) is 34.3 Å². The first-order chi connectivity index (χ1) is 11.8. The fourth-order valence-electron chi connectivity index (χ4n) is 3.76. The lowest BCUT2D eigenvalue weighted by atomic mass is 9.68. The predicted octanol–water partition coefficient (Wildman–Crippen LogP) is 4.32. The standard InChI is InChI=1S/C21H32N2O2/c1-14(2)8-9-25-19-10-17-7-6-16(5)23(20(17)22-13-19)18-11-21(24,12-18)15(3)4/h10,13-15,18,24H,5-9,11-12H2,1-4H3/t18-,21-. The molecule has 0 amide bonds. The monoisotopic (exact) mass is 344 g/mol. The second kappa shape index (κ2) is 6.99. The summed E-state index contributed by atoms with van der Waals surface area (Å²) in [5.41, 5.74) is 1.81. The van der Waals surface area contributed by atoms with E-state index in [-0.39, 0.29) is 5.92 Å². The molecule has 25 heavy (non-hydrogen) atoms. The summed E-state index contributed by atoms with van der Waals surface area (Å²) in [6, 6.07) is 2.44. The van der Waals surface area contributed by atoms with Crippen molar-refractivity contribution >= 4 is 5.82 Å². The number of pyridine rings is 1. The zero-order valence-electron chi connectivity index (χ0n) is 16.1. The van der Waals surface area contributed by atoms with Gasteiger partial charge in [0.25, 0.3) is 0 Å². The van der Waals surface area contributed by atoms with Crippen LogP contribution in [0.25, 0.3) is 0 Å². The third-order valence-electron chi connectivity index (χ3n) is 5.75. The van der Waals surface area contributed by atoms with Gasteiger partial charge in [-0.3, -0.25) is 0 Å². The third kappa shape index (κ3) is 3.69. The molecule has 1 fully saturated rings. The number of nitrogens with zero attached hydrogens (tertiary/aromatic N) is 2. The third-order valence-corrected chi connectivity index (χ3v) is 5.75. The fraction of sp³-hybridized carbons (Fsp3) is 0.667. The summed E-state index contributed by atoms with van der Waals surface area (Å²) >= 11 is 0. The molecule has 1 aliphatic carbocycles. The molecule has 4 heteroatoms. The molecule has 2 aliphatic rings. The Morgan fingerprint density at radius 3 is 2.68 bits per heavy atom. The molecular formula is C21H32N2O2. The van der Waals surface area contributed by atoms with Crippen molar-refractivity contribution in [1.29, 1.82) is 0 Å². The summed E-state index contributed by atoms with van der Waals surface area (Å²) in [6.45, 7) is 13.6. The van der Waals surface area contributed by atoms with Gasteiger partial charge in [0, 0.05) is 11.7 Å². The Labute approximate surface area is 151 Å². The van der Waals surface area contributed by atoms with Crippen LogP contribution in [-0.4, -0.2) is 28.3 Å². The second-order valence-corrected chi connectivity index (χ2v) is 8.44. The van der Waals surface area contributed by atoms with E-state index < -0.39 is 5.60 Å². The topological polar surface area (TPSA) is 45.6 Å². The lowest BCUT2D eigenvalue weighted by Gasteiger charge is -2.52. The first kappa shape index (κ1) is 18.2. The van der Waals surface area contributed by atoms with Crippen molar-refractivity contribution < 1.29 is 9.84 Å². The van der Waals surface area contributed by atoms with E-state index in [1.807, 2.05) is 6.20 Å². The molecule has 0 bridgehead atoms. The molecule has 1 aromatic rings. The van der Waals surface area contributed by atoms with Crippen molar-refractivity contribution in [1.82, 2.24) is 4.98 Å². The van der Waals surface area contributed by atoms with Crippen LogP contribution in [0.3, 0.4) is 0 Å². The average Bonchev–Trinajstić information content (AvgIpc) is 2.52. The SMILES string of the molecule is C=C1CCc2cc(OCCC(C)C)cnc2N1[C@H]1C[C@@](O)(C(C)C)C1. The molecule has 1 aromatic heterocycles. The number of rotatable bonds is 6. The van der Waals surface area contributed by atoms with Crippen LogP contribution < -0.4 is 9.64 Å². The molecular weight excluding hydrogens is 312 g/mol. The zero-order chi connectivity index (χ0) is 18.2. The van der Waals surface area contributed by atoms with E-state index >= 15 is 0 Å². The highest BCUT2D eigenvalue weighted by molar-refractivity contribution is 5.58. The van der Waals surface area contributed by atoms with Crippen LogP contribution in [0, 0.1) is 11.8 Å². The van der Waals surface area contributed by atoms with Crippen molar-refractivity contribution in [3.8, 4) is 5.75 Å². The maximum absolute atomic E-state index is 10.6. The van der Waals surface area contributed by atoms with Gasteiger partial charge in [-0.15, -0.1) is 0 Å². The van der Waals surface area contributed by atoms with Crippen LogP contribution in [0.15, 0.2) is 24.5 Å². The number of hydrogen-bond acceptors (Lipinski definition) is 4. The molecule has 0 aromatic carbocycles. The van der Waals surface area contributed by atoms with Crippen LogP contribution >= 0.6 is 0 Å². The van der Waals surface area contributed by atoms with Gasteiger partial charge in [0.1, 0.15) is 11.6 Å². The zero-order valence-corrected chi connectivity index (χ0v) is 16.1. The molecule has 138 valence electrons. The Hall–Kier alpha value is -1.55. The molecule has 1 N–H and O–H groups in total.